The van der Waals surface area contributed by atoms with E-state index in [9.17, 15) is 4.79 Å². The number of carbonyl (C=O) groups excluding carboxylic acids is 1. The van der Waals surface area contributed by atoms with Crippen molar-refractivity contribution in [2.45, 2.75) is 26.7 Å². The molecule has 0 bridgehead atoms. The Morgan fingerprint density at radius 2 is 1.96 bits per heavy atom. The van der Waals surface area contributed by atoms with Gasteiger partial charge >= 0.3 is 0 Å². The maximum atomic E-state index is 12.3. The molecule has 0 saturated heterocycles. The number of anilines is 2. The number of benzene rings is 1. The molecule has 0 saturated carbocycles. The number of carbonyl (C=O) groups is 1. The maximum Gasteiger partial charge on any atom is 0.276 e. The van der Waals surface area contributed by atoms with Gasteiger partial charge in [0.2, 0.25) is 0 Å². The van der Waals surface area contributed by atoms with Gasteiger partial charge in [-0.05, 0) is 37.6 Å². The van der Waals surface area contributed by atoms with Crippen molar-refractivity contribution in [3.8, 4) is 5.75 Å². The summed E-state index contributed by atoms with van der Waals surface area (Å²) in [5, 5.41) is 11.0. The topological polar surface area (TPSA) is 67.4 Å². The van der Waals surface area contributed by atoms with Crippen LogP contribution < -0.4 is 15.0 Å². The van der Waals surface area contributed by atoms with E-state index in [1.165, 1.54) is 0 Å². The van der Waals surface area contributed by atoms with Crippen molar-refractivity contribution in [2.75, 3.05) is 30.4 Å². The third-order valence-electron chi connectivity index (χ3n) is 3.56. The Morgan fingerprint density at radius 3 is 2.62 bits per heavy atom. The zero-order chi connectivity index (χ0) is 17.4. The molecule has 0 aliphatic heterocycles. The van der Waals surface area contributed by atoms with Crippen LogP contribution in [0.4, 0.5) is 11.5 Å². The summed E-state index contributed by atoms with van der Waals surface area (Å²) in [5.74, 6) is 1.09. The van der Waals surface area contributed by atoms with Gasteiger partial charge in [0.15, 0.2) is 11.5 Å². The molecular weight excluding hydrogens is 304 g/mol. The van der Waals surface area contributed by atoms with E-state index < -0.39 is 0 Å². The monoisotopic (exact) mass is 328 g/mol. The van der Waals surface area contributed by atoms with Crippen molar-refractivity contribution in [1.82, 2.24) is 10.2 Å². The summed E-state index contributed by atoms with van der Waals surface area (Å²) < 4.78 is 5.50. The number of nitrogens with zero attached hydrogens (tertiary/aromatic N) is 3. The zero-order valence-corrected chi connectivity index (χ0v) is 14.5. The Kier molecular flexibility index (Phi) is 6.54. The van der Waals surface area contributed by atoms with Crippen molar-refractivity contribution in [3.63, 3.8) is 0 Å². The molecule has 2 rings (SSSR count). The average Bonchev–Trinajstić information content (AvgIpc) is 2.61. The Morgan fingerprint density at radius 1 is 1.17 bits per heavy atom. The Balaban J connectivity index is 2.05. The van der Waals surface area contributed by atoms with Crippen LogP contribution in [-0.2, 0) is 0 Å². The molecule has 0 spiro atoms. The number of hydrogen-bond acceptors (Lipinski definition) is 5. The van der Waals surface area contributed by atoms with Crippen LogP contribution in [0.5, 0.6) is 5.75 Å². The maximum absolute atomic E-state index is 12.3. The van der Waals surface area contributed by atoms with Crippen molar-refractivity contribution < 1.29 is 9.53 Å². The van der Waals surface area contributed by atoms with Crippen LogP contribution >= 0.6 is 0 Å². The summed E-state index contributed by atoms with van der Waals surface area (Å²) in [5.41, 5.74) is 0.893. The lowest BCUT2D eigenvalue weighted by atomic mass is 10.2. The number of aromatic nitrogens is 2. The third-order valence-corrected chi connectivity index (χ3v) is 3.56. The second kappa shape index (κ2) is 8.86. The van der Waals surface area contributed by atoms with Gasteiger partial charge in [0.1, 0.15) is 5.75 Å². The molecule has 0 aliphatic rings. The first-order valence-corrected chi connectivity index (χ1v) is 8.23. The SMILES string of the molecule is CCCCN(C)c1ccc(C(=O)Nc2ccccc2OCC)nn1. The number of para-hydroxylation sites is 2. The average molecular weight is 328 g/mol. The van der Waals surface area contributed by atoms with Crippen LogP contribution in [0.1, 0.15) is 37.2 Å². The molecule has 1 N–H and O–H groups in total. The summed E-state index contributed by atoms with van der Waals surface area (Å²) >= 11 is 0. The van der Waals surface area contributed by atoms with E-state index in [-0.39, 0.29) is 11.6 Å². The molecule has 1 aromatic carbocycles. The number of rotatable bonds is 8. The molecule has 2 aromatic rings. The van der Waals surface area contributed by atoms with E-state index in [2.05, 4.69) is 22.4 Å². The van der Waals surface area contributed by atoms with Crippen molar-refractivity contribution in [2.24, 2.45) is 0 Å². The minimum absolute atomic E-state index is 0.272. The minimum atomic E-state index is -0.308. The number of unbranched alkanes of at least 4 members (excludes halogenated alkanes) is 1. The normalized spacial score (nSPS) is 10.3. The van der Waals surface area contributed by atoms with Crippen molar-refractivity contribution in [1.29, 1.82) is 0 Å². The lowest BCUT2D eigenvalue weighted by molar-refractivity contribution is 0.102. The quantitative estimate of drug-likeness (QED) is 0.805. The number of nitrogens with one attached hydrogen (secondary N) is 1. The molecule has 0 aliphatic carbocycles. The summed E-state index contributed by atoms with van der Waals surface area (Å²) in [6, 6.07) is 10.8. The molecule has 1 heterocycles. The second-order valence-corrected chi connectivity index (χ2v) is 5.44. The Labute approximate surface area is 142 Å². The first kappa shape index (κ1) is 17.7. The molecule has 1 aromatic heterocycles. The minimum Gasteiger partial charge on any atom is -0.492 e. The Bertz CT molecular complexity index is 658. The van der Waals surface area contributed by atoms with E-state index in [4.69, 9.17) is 4.74 Å². The lowest BCUT2D eigenvalue weighted by Gasteiger charge is -2.17. The summed E-state index contributed by atoms with van der Waals surface area (Å²) in [4.78, 5) is 14.4. The van der Waals surface area contributed by atoms with Gasteiger partial charge in [0, 0.05) is 13.6 Å². The van der Waals surface area contributed by atoms with Crippen LogP contribution in [0.2, 0.25) is 0 Å². The summed E-state index contributed by atoms with van der Waals surface area (Å²) in [6.07, 6.45) is 2.21. The van der Waals surface area contributed by atoms with E-state index in [0.29, 0.717) is 18.0 Å². The van der Waals surface area contributed by atoms with E-state index in [1.54, 1.807) is 12.1 Å². The van der Waals surface area contributed by atoms with Gasteiger partial charge in [0.05, 0.1) is 12.3 Å². The van der Waals surface area contributed by atoms with Crippen molar-refractivity contribution >= 4 is 17.4 Å². The van der Waals surface area contributed by atoms with E-state index >= 15 is 0 Å². The largest absolute Gasteiger partial charge is 0.492 e. The standard InChI is InChI=1S/C18H24N4O2/c1-4-6-13-22(3)17-12-11-15(20-21-17)18(23)19-14-9-7-8-10-16(14)24-5-2/h7-12H,4-6,13H2,1-3H3,(H,19,23). The molecule has 1 amide bonds. The molecule has 0 fully saturated rings. The highest BCUT2D eigenvalue weighted by Gasteiger charge is 2.12. The predicted octanol–water partition coefficient (Wildman–Crippen LogP) is 3.36. The highest BCUT2D eigenvalue weighted by atomic mass is 16.5. The van der Waals surface area contributed by atoms with Gasteiger partial charge in [-0.1, -0.05) is 25.5 Å². The van der Waals surface area contributed by atoms with E-state index in [1.807, 2.05) is 43.1 Å². The van der Waals surface area contributed by atoms with Gasteiger partial charge in [-0.3, -0.25) is 4.79 Å². The summed E-state index contributed by atoms with van der Waals surface area (Å²) in [6.45, 7) is 5.49. The highest BCUT2D eigenvalue weighted by molar-refractivity contribution is 6.03. The predicted molar refractivity (Wildman–Crippen MR) is 95.8 cm³/mol. The fraction of sp³-hybridized carbons (Fsp3) is 0.389. The lowest BCUT2D eigenvalue weighted by Crippen LogP contribution is -2.21. The van der Waals surface area contributed by atoms with Crippen LogP contribution in [-0.4, -0.2) is 36.3 Å². The van der Waals surface area contributed by atoms with Gasteiger partial charge < -0.3 is 15.0 Å². The van der Waals surface area contributed by atoms with Crippen molar-refractivity contribution in [3.05, 3.63) is 42.1 Å². The zero-order valence-electron chi connectivity index (χ0n) is 14.5. The number of hydrogen-bond donors (Lipinski definition) is 1. The van der Waals surface area contributed by atoms with Gasteiger partial charge in [-0.2, -0.15) is 0 Å². The first-order chi connectivity index (χ1) is 11.7. The smallest absolute Gasteiger partial charge is 0.276 e. The molecule has 0 radical (unpaired) electrons. The second-order valence-electron chi connectivity index (χ2n) is 5.44. The molecule has 0 unspecified atom stereocenters. The molecule has 6 nitrogen and oxygen atoms in total. The molecule has 128 valence electrons. The van der Waals surface area contributed by atoms with Gasteiger partial charge in [-0.15, -0.1) is 10.2 Å². The molecule has 6 heteroatoms. The fourth-order valence-electron chi connectivity index (χ4n) is 2.20. The van der Waals surface area contributed by atoms with Crippen LogP contribution in [0, 0.1) is 0 Å². The molecular formula is C18H24N4O2. The highest BCUT2D eigenvalue weighted by Crippen LogP contribution is 2.24. The fourth-order valence-corrected chi connectivity index (χ4v) is 2.20. The van der Waals surface area contributed by atoms with Crippen LogP contribution in [0.15, 0.2) is 36.4 Å². The van der Waals surface area contributed by atoms with E-state index in [0.717, 1.165) is 25.2 Å². The Hall–Kier alpha value is -2.63. The van der Waals surface area contributed by atoms with Gasteiger partial charge in [-0.25, -0.2) is 0 Å². The van der Waals surface area contributed by atoms with Gasteiger partial charge in [0.25, 0.3) is 5.91 Å². The third kappa shape index (κ3) is 4.68. The van der Waals surface area contributed by atoms with Crippen LogP contribution in [0.3, 0.4) is 0 Å². The molecule has 0 atom stereocenters. The number of amides is 1. The summed E-state index contributed by atoms with van der Waals surface area (Å²) in [7, 11) is 1.97. The van der Waals surface area contributed by atoms with Crippen LogP contribution in [0.25, 0.3) is 0 Å². The first-order valence-electron chi connectivity index (χ1n) is 8.23. The number of ether oxygens (including phenoxy) is 1. The molecule has 24 heavy (non-hydrogen) atoms.